The van der Waals surface area contributed by atoms with Crippen LogP contribution in [0.2, 0.25) is 5.02 Å². The molecule has 0 radical (unpaired) electrons. The van der Waals surface area contributed by atoms with E-state index in [1.165, 1.54) is 5.56 Å². The summed E-state index contributed by atoms with van der Waals surface area (Å²) in [6.45, 7) is 4.06. The Bertz CT molecular complexity index is 655. The first-order chi connectivity index (χ1) is 9.45. The molecular formula is C16H15BrClNO. The van der Waals surface area contributed by atoms with E-state index in [-0.39, 0.29) is 5.91 Å². The lowest BCUT2D eigenvalue weighted by molar-refractivity contribution is -0.115. The highest BCUT2D eigenvalue weighted by atomic mass is 79.9. The van der Waals surface area contributed by atoms with Gasteiger partial charge in [-0.15, -0.1) is 0 Å². The molecule has 2 aromatic carbocycles. The summed E-state index contributed by atoms with van der Waals surface area (Å²) in [7, 11) is 0. The number of anilines is 1. The fraction of sp³-hybridized carbons (Fsp3) is 0.188. The Balaban J connectivity index is 2.07. The largest absolute Gasteiger partial charge is 0.326 e. The molecule has 2 nitrogen and oxygen atoms in total. The van der Waals surface area contributed by atoms with Gasteiger partial charge in [0.05, 0.1) is 11.4 Å². The number of hydrogen-bond donors (Lipinski definition) is 1. The van der Waals surface area contributed by atoms with E-state index in [2.05, 4.69) is 27.3 Å². The Hall–Kier alpha value is -1.32. The zero-order valence-electron chi connectivity index (χ0n) is 11.3. The molecule has 0 aromatic heterocycles. The zero-order valence-corrected chi connectivity index (χ0v) is 13.7. The fourth-order valence-electron chi connectivity index (χ4n) is 2.00. The summed E-state index contributed by atoms with van der Waals surface area (Å²) in [5.41, 5.74) is 4.07. The first-order valence-electron chi connectivity index (χ1n) is 6.27. The average Bonchev–Trinajstić information content (AvgIpc) is 2.37. The van der Waals surface area contributed by atoms with E-state index in [0.717, 1.165) is 15.6 Å². The van der Waals surface area contributed by atoms with Gasteiger partial charge in [-0.25, -0.2) is 0 Å². The van der Waals surface area contributed by atoms with E-state index >= 15 is 0 Å². The second-order valence-electron chi connectivity index (χ2n) is 4.78. The summed E-state index contributed by atoms with van der Waals surface area (Å²) in [5.74, 6) is -0.0460. The molecule has 0 unspecified atom stereocenters. The van der Waals surface area contributed by atoms with Crippen LogP contribution in [-0.2, 0) is 11.2 Å². The van der Waals surface area contributed by atoms with Crippen molar-refractivity contribution in [2.75, 3.05) is 5.32 Å². The molecule has 0 saturated carbocycles. The van der Waals surface area contributed by atoms with Gasteiger partial charge < -0.3 is 5.32 Å². The number of carbonyl (C=O) groups excluding carboxylic acids is 1. The van der Waals surface area contributed by atoms with Gasteiger partial charge >= 0.3 is 0 Å². The Morgan fingerprint density at radius 3 is 2.60 bits per heavy atom. The van der Waals surface area contributed by atoms with Gasteiger partial charge in [-0.05, 0) is 59.1 Å². The molecule has 1 N–H and O–H groups in total. The Morgan fingerprint density at radius 1 is 1.20 bits per heavy atom. The van der Waals surface area contributed by atoms with E-state index in [9.17, 15) is 4.79 Å². The quantitative estimate of drug-likeness (QED) is 0.836. The normalized spacial score (nSPS) is 10.4. The number of benzene rings is 2. The highest BCUT2D eigenvalue weighted by molar-refractivity contribution is 9.10. The average molecular weight is 353 g/mol. The van der Waals surface area contributed by atoms with Crippen molar-refractivity contribution < 1.29 is 4.79 Å². The van der Waals surface area contributed by atoms with Crippen LogP contribution in [-0.4, -0.2) is 5.91 Å². The molecule has 2 aromatic rings. The van der Waals surface area contributed by atoms with Gasteiger partial charge in [0.15, 0.2) is 0 Å². The summed E-state index contributed by atoms with van der Waals surface area (Å²) >= 11 is 9.32. The number of hydrogen-bond acceptors (Lipinski definition) is 1. The molecule has 104 valence electrons. The number of amides is 1. The van der Waals surface area contributed by atoms with Crippen LogP contribution in [0.5, 0.6) is 0 Å². The summed E-state index contributed by atoms with van der Waals surface area (Å²) < 4.78 is 0.812. The van der Waals surface area contributed by atoms with Crippen molar-refractivity contribution in [3.63, 3.8) is 0 Å². The molecule has 0 heterocycles. The molecule has 1 amide bonds. The third-order valence-electron chi connectivity index (χ3n) is 3.05. The van der Waals surface area contributed by atoms with Crippen LogP contribution in [0.4, 0.5) is 5.69 Å². The number of aryl methyl sites for hydroxylation is 2. The van der Waals surface area contributed by atoms with Gasteiger partial charge in [-0.2, -0.15) is 0 Å². The lowest BCUT2D eigenvalue weighted by Crippen LogP contribution is -2.15. The summed E-state index contributed by atoms with van der Waals surface area (Å²) in [4.78, 5) is 12.0. The van der Waals surface area contributed by atoms with Crippen LogP contribution in [0.15, 0.2) is 40.9 Å². The van der Waals surface area contributed by atoms with Crippen LogP contribution in [0.25, 0.3) is 0 Å². The molecule has 0 aliphatic rings. The van der Waals surface area contributed by atoms with Crippen molar-refractivity contribution in [3.8, 4) is 0 Å². The van der Waals surface area contributed by atoms with Gasteiger partial charge in [0.1, 0.15) is 0 Å². The topological polar surface area (TPSA) is 29.1 Å². The van der Waals surface area contributed by atoms with Crippen molar-refractivity contribution in [2.45, 2.75) is 20.3 Å². The summed E-state index contributed by atoms with van der Waals surface area (Å²) in [5, 5.41) is 3.43. The highest BCUT2D eigenvalue weighted by Gasteiger charge is 2.07. The Labute approximate surface area is 132 Å². The SMILES string of the molecule is Cc1ccc(CC(=O)Nc2ccc(Br)c(Cl)c2)c(C)c1. The van der Waals surface area contributed by atoms with Crippen molar-refractivity contribution in [1.82, 2.24) is 0 Å². The van der Waals surface area contributed by atoms with Crippen molar-refractivity contribution >= 4 is 39.1 Å². The lowest BCUT2D eigenvalue weighted by Gasteiger charge is -2.09. The zero-order chi connectivity index (χ0) is 14.7. The molecule has 0 saturated heterocycles. The molecule has 0 aliphatic carbocycles. The summed E-state index contributed by atoms with van der Waals surface area (Å²) in [6, 6.07) is 11.5. The molecule has 0 bridgehead atoms. The van der Waals surface area contributed by atoms with E-state index in [4.69, 9.17) is 11.6 Å². The molecule has 0 fully saturated rings. The molecule has 20 heavy (non-hydrogen) atoms. The predicted octanol–water partition coefficient (Wildman–Crippen LogP) is 4.90. The highest BCUT2D eigenvalue weighted by Crippen LogP contribution is 2.25. The molecule has 4 heteroatoms. The number of halogens is 2. The van der Waals surface area contributed by atoms with Gasteiger partial charge in [0.2, 0.25) is 5.91 Å². The predicted molar refractivity (Wildman–Crippen MR) is 87.4 cm³/mol. The first-order valence-corrected chi connectivity index (χ1v) is 7.44. The lowest BCUT2D eigenvalue weighted by atomic mass is 10.0. The minimum absolute atomic E-state index is 0.0460. The van der Waals surface area contributed by atoms with Gasteiger partial charge in [0, 0.05) is 10.2 Å². The van der Waals surface area contributed by atoms with Crippen LogP contribution < -0.4 is 5.32 Å². The van der Waals surface area contributed by atoms with E-state index in [1.807, 2.05) is 38.1 Å². The monoisotopic (exact) mass is 351 g/mol. The number of rotatable bonds is 3. The summed E-state index contributed by atoms with van der Waals surface area (Å²) in [6.07, 6.45) is 0.361. The van der Waals surface area contributed by atoms with Gasteiger partial charge in [0.25, 0.3) is 0 Å². The second-order valence-corrected chi connectivity index (χ2v) is 6.05. The third-order valence-corrected chi connectivity index (χ3v) is 4.28. The van der Waals surface area contributed by atoms with Crippen molar-refractivity contribution in [1.29, 1.82) is 0 Å². The third kappa shape index (κ3) is 3.84. The van der Waals surface area contributed by atoms with E-state index in [0.29, 0.717) is 17.1 Å². The Kier molecular flexibility index (Phi) is 4.84. The van der Waals surface area contributed by atoms with Crippen LogP contribution in [0, 0.1) is 13.8 Å². The standard InChI is InChI=1S/C16H15BrClNO/c1-10-3-4-12(11(2)7-10)8-16(20)19-13-5-6-14(17)15(18)9-13/h3-7,9H,8H2,1-2H3,(H,19,20). The maximum Gasteiger partial charge on any atom is 0.228 e. The van der Waals surface area contributed by atoms with Crippen LogP contribution in [0.3, 0.4) is 0 Å². The smallest absolute Gasteiger partial charge is 0.228 e. The molecular weight excluding hydrogens is 338 g/mol. The van der Waals surface area contributed by atoms with Crippen LogP contribution >= 0.6 is 27.5 Å². The molecule has 0 spiro atoms. The van der Waals surface area contributed by atoms with Crippen molar-refractivity contribution in [3.05, 3.63) is 62.6 Å². The van der Waals surface area contributed by atoms with Gasteiger partial charge in [-0.3, -0.25) is 4.79 Å². The van der Waals surface area contributed by atoms with E-state index < -0.39 is 0 Å². The van der Waals surface area contributed by atoms with E-state index in [1.54, 1.807) is 6.07 Å². The number of carbonyl (C=O) groups is 1. The van der Waals surface area contributed by atoms with Gasteiger partial charge in [-0.1, -0.05) is 35.4 Å². The maximum atomic E-state index is 12.0. The second kappa shape index (κ2) is 6.42. The molecule has 2 rings (SSSR count). The fourth-order valence-corrected chi connectivity index (χ4v) is 2.42. The minimum atomic E-state index is -0.0460. The van der Waals surface area contributed by atoms with Crippen molar-refractivity contribution in [2.24, 2.45) is 0 Å². The minimum Gasteiger partial charge on any atom is -0.326 e. The molecule has 0 atom stereocenters. The van der Waals surface area contributed by atoms with Crippen LogP contribution in [0.1, 0.15) is 16.7 Å². The first kappa shape index (κ1) is 15.1. The Morgan fingerprint density at radius 2 is 1.95 bits per heavy atom. The number of nitrogens with one attached hydrogen (secondary N) is 1. The molecule has 0 aliphatic heterocycles. The maximum absolute atomic E-state index is 12.0.